The van der Waals surface area contributed by atoms with Crippen LogP contribution in [0.1, 0.15) is 40.9 Å². The van der Waals surface area contributed by atoms with Crippen LogP contribution in [0.3, 0.4) is 0 Å². The average molecular weight is 510 g/mol. The fourth-order valence-corrected chi connectivity index (χ4v) is 4.27. The smallest absolute Gasteiger partial charge is 0.325 e. The molecule has 0 aliphatic heterocycles. The van der Waals surface area contributed by atoms with Crippen LogP contribution in [0.15, 0.2) is 42.5 Å². The van der Waals surface area contributed by atoms with Gasteiger partial charge < -0.3 is 29.4 Å². The molecule has 2 amide bonds. The zero-order chi connectivity index (χ0) is 26.8. The van der Waals surface area contributed by atoms with Gasteiger partial charge in [0.05, 0.1) is 27.9 Å². The number of hydrogen-bond donors (Lipinski definition) is 2. The van der Waals surface area contributed by atoms with Gasteiger partial charge in [-0.2, -0.15) is 0 Å². The minimum Gasteiger partial charge on any atom is -0.496 e. The van der Waals surface area contributed by atoms with Crippen LogP contribution >= 0.6 is 0 Å². The highest BCUT2D eigenvalue weighted by Crippen LogP contribution is 2.31. The van der Waals surface area contributed by atoms with Gasteiger partial charge in [0.25, 0.3) is 5.91 Å². The number of methoxy groups -OCH3 is 3. The highest BCUT2D eigenvalue weighted by atomic mass is 16.5. The second-order valence-corrected chi connectivity index (χ2v) is 8.74. The van der Waals surface area contributed by atoms with Crippen LogP contribution in [0.5, 0.6) is 11.5 Å². The van der Waals surface area contributed by atoms with Crippen molar-refractivity contribution in [1.29, 1.82) is 0 Å². The van der Waals surface area contributed by atoms with E-state index in [4.69, 9.17) is 14.2 Å². The van der Waals surface area contributed by atoms with Crippen molar-refractivity contribution in [2.45, 2.75) is 39.2 Å². The first-order valence-electron chi connectivity index (χ1n) is 12.3. The lowest BCUT2D eigenvalue weighted by molar-refractivity contribution is -0.141. The fourth-order valence-electron chi connectivity index (χ4n) is 4.27. The first-order valence-corrected chi connectivity index (χ1v) is 12.3. The molecule has 0 bridgehead atoms. The summed E-state index contributed by atoms with van der Waals surface area (Å²) in [4.78, 5) is 36.9. The Labute approximate surface area is 217 Å². The Kier molecular flexibility index (Phi) is 9.94. The maximum absolute atomic E-state index is 12.8. The van der Waals surface area contributed by atoms with Crippen LogP contribution in [0, 0.1) is 6.92 Å². The average Bonchev–Trinajstić information content (AvgIpc) is 3.27. The van der Waals surface area contributed by atoms with Crippen molar-refractivity contribution in [2.75, 3.05) is 34.4 Å². The zero-order valence-electron chi connectivity index (χ0n) is 21.9. The van der Waals surface area contributed by atoms with Gasteiger partial charge in [0.15, 0.2) is 0 Å². The van der Waals surface area contributed by atoms with Crippen LogP contribution in [-0.2, 0) is 27.3 Å². The quantitative estimate of drug-likeness (QED) is 0.270. The number of ether oxygens (including phenoxy) is 3. The van der Waals surface area contributed by atoms with Crippen molar-refractivity contribution in [3.05, 3.63) is 59.3 Å². The van der Waals surface area contributed by atoms with Gasteiger partial charge in [-0.05, 0) is 56.0 Å². The van der Waals surface area contributed by atoms with Gasteiger partial charge in [0.2, 0.25) is 5.91 Å². The summed E-state index contributed by atoms with van der Waals surface area (Å²) in [6.07, 6.45) is 3.47. The highest BCUT2D eigenvalue weighted by molar-refractivity contribution is 6.00. The maximum atomic E-state index is 12.8. The third-order valence-corrected chi connectivity index (χ3v) is 6.15. The number of carbonyl (C=O) groups is 3. The molecule has 1 aromatic heterocycles. The standard InChI is InChI=1S/C28H35N3O6/c1-19-14-24(35-2)21(25(15-19)36-3)11-6-5-9-13-29-26(32)17-30-28(34)23-16-20-10-7-8-12-22(20)31(23)18-27(33)37-4/h7-8,10,12,14-16H,5-6,9,11,13,17-18H2,1-4H3,(H,29,32)(H,30,34). The molecular weight excluding hydrogens is 474 g/mol. The molecule has 3 rings (SSSR count). The molecule has 2 N–H and O–H groups in total. The summed E-state index contributed by atoms with van der Waals surface area (Å²) in [5.41, 5.74) is 3.16. The third kappa shape index (κ3) is 7.25. The van der Waals surface area contributed by atoms with Crippen molar-refractivity contribution in [3.63, 3.8) is 0 Å². The summed E-state index contributed by atoms with van der Waals surface area (Å²) in [6.45, 7) is 2.26. The van der Waals surface area contributed by atoms with Crippen molar-refractivity contribution in [1.82, 2.24) is 15.2 Å². The summed E-state index contributed by atoms with van der Waals surface area (Å²) in [6, 6.07) is 13.1. The molecule has 0 atom stereocenters. The molecule has 0 saturated heterocycles. The fraction of sp³-hybridized carbons (Fsp3) is 0.393. The molecule has 1 heterocycles. The monoisotopic (exact) mass is 509 g/mol. The van der Waals surface area contributed by atoms with E-state index in [0.717, 1.165) is 59.2 Å². The van der Waals surface area contributed by atoms with E-state index in [1.54, 1.807) is 24.9 Å². The van der Waals surface area contributed by atoms with Gasteiger partial charge in [-0.25, -0.2) is 0 Å². The van der Waals surface area contributed by atoms with Gasteiger partial charge in [0.1, 0.15) is 23.7 Å². The number of aryl methyl sites for hydroxylation is 1. The molecule has 9 nitrogen and oxygen atoms in total. The molecule has 0 unspecified atom stereocenters. The Morgan fingerprint density at radius 3 is 2.27 bits per heavy atom. The number of aromatic nitrogens is 1. The molecule has 0 saturated carbocycles. The summed E-state index contributed by atoms with van der Waals surface area (Å²) in [7, 11) is 4.61. The third-order valence-electron chi connectivity index (χ3n) is 6.15. The van der Waals surface area contributed by atoms with Gasteiger partial charge in [-0.1, -0.05) is 24.6 Å². The number of fused-ring (bicyclic) bond motifs is 1. The topological polar surface area (TPSA) is 108 Å². The number of hydrogen-bond acceptors (Lipinski definition) is 6. The van der Waals surface area contributed by atoms with E-state index >= 15 is 0 Å². The minimum absolute atomic E-state index is 0.0979. The number of nitrogens with zero attached hydrogens (tertiary/aromatic N) is 1. The van der Waals surface area contributed by atoms with E-state index in [1.807, 2.05) is 43.3 Å². The van der Waals surface area contributed by atoms with Crippen LogP contribution in [0.4, 0.5) is 0 Å². The zero-order valence-corrected chi connectivity index (χ0v) is 21.9. The lowest BCUT2D eigenvalue weighted by Gasteiger charge is -2.14. The molecule has 0 aliphatic carbocycles. The predicted octanol–water partition coefficient (Wildman–Crippen LogP) is 3.40. The first-order chi connectivity index (χ1) is 17.9. The highest BCUT2D eigenvalue weighted by Gasteiger charge is 2.18. The summed E-state index contributed by atoms with van der Waals surface area (Å²) in [5.74, 6) is 0.479. The molecule has 0 aliphatic rings. The molecule has 2 aromatic carbocycles. The van der Waals surface area contributed by atoms with Crippen LogP contribution in [0.2, 0.25) is 0 Å². The van der Waals surface area contributed by atoms with Crippen molar-refractivity contribution in [3.8, 4) is 11.5 Å². The Bertz CT molecular complexity index is 1220. The van der Waals surface area contributed by atoms with Crippen molar-refractivity contribution in [2.24, 2.45) is 0 Å². The number of benzene rings is 2. The first kappa shape index (κ1) is 27.6. The van der Waals surface area contributed by atoms with E-state index in [1.165, 1.54) is 7.11 Å². The lowest BCUT2D eigenvalue weighted by atomic mass is 10.0. The second-order valence-electron chi connectivity index (χ2n) is 8.74. The minimum atomic E-state index is -0.465. The number of esters is 1. The van der Waals surface area contributed by atoms with Gasteiger partial charge >= 0.3 is 5.97 Å². The van der Waals surface area contributed by atoms with Crippen LogP contribution in [-0.4, -0.2) is 56.8 Å². The van der Waals surface area contributed by atoms with E-state index in [9.17, 15) is 14.4 Å². The Balaban J connectivity index is 1.44. The molecule has 3 aromatic rings. The summed E-state index contributed by atoms with van der Waals surface area (Å²) >= 11 is 0. The Morgan fingerprint density at radius 1 is 0.892 bits per heavy atom. The van der Waals surface area contributed by atoms with Gasteiger partial charge in [0, 0.05) is 23.0 Å². The molecular formula is C28H35N3O6. The molecule has 0 radical (unpaired) electrons. The number of carbonyl (C=O) groups excluding carboxylic acids is 3. The second kappa shape index (κ2) is 13.3. The Morgan fingerprint density at radius 2 is 1.59 bits per heavy atom. The SMILES string of the molecule is COC(=O)Cn1c(C(=O)NCC(=O)NCCCCCc2c(OC)cc(C)cc2OC)cc2ccccc21. The van der Waals surface area contributed by atoms with Crippen LogP contribution in [0.25, 0.3) is 10.9 Å². The number of para-hydroxylation sites is 1. The normalized spacial score (nSPS) is 10.7. The van der Waals surface area contributed by atoms with Gasteiger partial charge in [-0.15, -0.1) is 0 Å². The van der Waals surface area contributed by atoms with E-state index in [-0.39, 0.29) is 19.0 Å². The Hall–Kier alpha value is -4.01. The number of amides is 2. The van der Waals surface area contributed by atoms with Gasteiger partial charge in [-0.3, -0.25) is 14.4 Å². The number of unbranched alkanes of at least 4 members (excludes halogenated alkanes) is 2. The van der Waals surface area contributed by atoms with Crippen LogP contribution < -0.4 is 20.1 Å². The molecule has 9 heteroatoms. The van der Waals surface area contributed by atoms with E-state index < -0.39 is 11.9 Å². The predicted molar refractivity (Wildman–Crippen MR) is 141 cm³/mol. The van der Waals surface area contributed by atoms with Crippen molar-refractivity contribution >= 4 is 28.7 Å². The van der Waals surface area contributed by atoms with E-state index in [0.29, 0.717) is 12.2 Å². The number of nitrogens with one attached hydrogen (secondary N) is 2. The lowest BCUT2D eigenvalue weighted by Crippen LogP contribution is -2.38. The maximum Gasteiger partial charge on any atom is 0.325 e. The molecule has 0 spiro atoms. The van der Waals surface area contributed by atoms with E-state index in [2.05, 4.69) is 10.6 Å². The number of rotatable bonds is 13. The van der Waals surface area contributed by atoms with Crippen molar-refractivity contribution < 1.29 is 28.6 Å². The largest absolute Gasteiger partial charge is 0.496 e. The summed E-state index contributed by atoms with van der Waals surface area (Å²) in [5, 5.41) is 6.30. The summed E-state index contributed by atoms with van der Waals surface area (Å²) < 4.78 is 17.4. The molecule has 0 fully saturated rings. The molecule has 198 valence electrons. The molecule has 37 heavy (non-hydrogen) atoms.